The minimum absolute atomic E-state index is 0.0897. The molecule has 0 aliphatic rings. The molecule has 0 spiro atoms. The van der Waals surface area contributed by atoms with Gasteiger partial charge in [0.1, 0.15) is 0 Å². The van der Waals surface area contributed by atoms with Crippen molar-refractivity contribution in [1.82, 2.24) is 5.32 Å². The first-order chi connectivity index (χ1) is 7.24. The van der Waals surface area contributed by atoms with Crippen molar-refractivity contribution >= 4 is 5.91 Å². The minimum Gasteiger partial charge on any atom is -0.342 e. The van der Waals surface area contributed by atoms with Crippen molar-refractivity contribution in [1.29, 1.82) is 0 Å². The predicted octanol–water partition coefficient (Wildman–Crippen LogP) is 2.87. The van der Waals surface area contributed by atoms with E-state index in [-0.39, 0.29) is 11.9 Å². The fraction of sp³-hybridized carbons (Fsp3) is 0.769. The van der Waals surface area contributed by atoms with Gasteiger partial charge in [-0.2, -0.15) is 0 Å². The molecular weight excluding hydrogens is 186 g/mol. The van der Waals surface area contributed by atoms with E-state index >= 15 is 0 Å². The van der Waals surface area contributed by atoms with Crippen LogP contribution in [0.3, 0.4) is 0 Å². The fourth-order valence-corrected chi connectivity index (χ4v) is 1.42. The van der Waals surface area contributed by atoms with Gasteiger partial charge in [-0.25, -0.2) is 0 Å². The zero-order valence-corrected chi connectivity index (χ0v) is 10.0. The predicted molar refractivity (Wildman–Crippen MR) is 64.4 cm³/mol. The topological polar surface area (TPSA) is 29.1 Å². The van der Waals surface area contributed by atoms with Gasteiger partial charge in [0.15, 0.2) is 0 Å². The molecule has 0 fully saturated rings. The molecule has 0 bridgehead atoms. The van der Waals surface area contributed by atoms with E-state index < -0.39 is 0 Å². The van der Waals surface area contributed by atoms with Gasteiger partial charge in [0.05, 0.1) is 6.04 Å². The summed E-state index contributed by atoms with van der Waals surface area (Å²) in [5.74, 6) is 2.66. The Kier molecular flexibility index (Phi) is 8.96. The van der Waals surface area contributed by atoms with E-state index in [1.54, 1.807) is 0 Å². The van der Waals surface area contributed by atoms with E-state index in [0.29, 0.717) is 6.42 Å². The SMILES string of the molecule is C#CC(CC)NC(=O)CCCCCCC. The third-order valence-electron chi connectivity index (χ3n) is 2.45. The lowest BCUT2D eigenvalue weighted by atomic mass is 10.1. The number of carbonyl (C=O) groups excluding carboxylic acids is 1. The molecule has 15 heavy (non-hydrogen) atoms. The van der Waals surface area contributed by atoms with Crippen LogP contribution in [0.1, 0.15) is 58.8 Å². The molecule has 0 aromatic carbocycles. The number of rotatable bonds is 8. The van der Waals surface area contributed by atoms with Crippen molar-refractivity contribution in [3.63, 3.8) is 0 Å². The number of hydrogen-bond donors (Lipinski definition) is 1. The second kappa shape index (κ2) is 9.58. The zero-order valence-electron chi connectivity index (χ0n) is 10.0. The summed E-state index contributed by atoms with van der Waals surface area (Å²) in [6.45, 7) is 4.16. The van der Waals surface area contributed by atoms with E-state index in [1.807, 2.05) is 6.92 Å². The third-order valence-corrected chi connectivity index (χ3v) is 2.45. The summed E-state index contributed by atoms with van der Waals surface area (Å²) < 4.78 is 0. The molecule has 0 heterocycles. The van der Waals surface area contributed by atoms with Crippen LogP contribution < -0.4 is 5.32 Å². The van der Waals surface area contributed by atoms with Crippen molar-refractivity contribution < 1.29 is 4.79 Å². The highest BCUT2D eigenvalue weighted by molar-refractivity contribution is 5.76. The van der Waals surface area contributed by atoms with Crippen LogP contribution in [0.15, 0.2) is 0 Å². The lowest BCUT2D eigenvalue weighted by molar-refractivity contribution is -0.121. The molecule has 1 unspecified atom stereocenters. The average Bonchev–Trinajstić information content (AvgIpc) is 2.25. The zero-order chi connectivity index (χ0) is 11.5. The van der Waals surface area contributed by atoms with Gasteiger partial charge in [-0.15, -0.1) is 6.42 Å². The summed E-state index contributed by atoms with van der Waals surface area (Å²) in [7, 11) is 0. The van der Waals surface area contributed by atoms with Crippen LogP contribution in [0, 0.1) is 12.3 Å². The van der Waals surface area contributed by atoms with E-state index in [1.165, 1.54) is 19.3 Å². The number of unbranched alkanes of at least 4 members (excludes halogenated alkanes) is 4. The summed E-state index contributed by atoms with van der Waals surface area (Å²) in [6.07, 6.45) is 12.5. The molecule has 86 valence electrons. The van der Waals surface area contributed by atoms with Gasteiger partial charge < -0.3 is 5.32 Å². The maximum absolute atomic E-state index is 11.4. The first-order valence-electron chi connectivity index (χ1n) is 6.00. The van der Waals surface area contributed by atoms with Crippen LogP contribution in [-0.4, -0.2) is 11.9 Å². The van der Waals surface area contributed by atoms with Crippen LogP contribution in [0.25, 0.3) is 0 Å². The van der Waals surface area contributed by atoms with Crippen molar-refractivity contribution in [3.8, 4) is 12.3 Å². The van der Waals surface area contributed by atoms with Crippen molar-refractivity contribution in [3.05, 3.63) is 0 Å². The van der Waals surface area contributed by atoms with E-state index in [9.17, 15) is 4.79 Å². The molecule has 0 saturated carbocycles. The standard InChI is InChI=1S/C13H23NO/c1-4-7-8-9-10-11-13(15)14-12(5-2)6-3/h2,12H,4,6-11H2,1,3H3,(H,14,15). The summed E-state index contributed by atoms with van der Waals surface area (Å²) >= 11 is 0. The highest BCUT2D eigenvalue weighted by Gasteiger charge is 2.06. The molecule has 0 aromatic heterocycles. The Hall–Kier alpha value is -0.970. The summed E-state index contributed by atoms with van der Waals surface area (Å²) in [4.78, 5) is 11.4. The van der Waals surface area contributed by atoms with Gasteiger partial charge >= 0.3 is 0 Å². The summed E-state index contributed by atoms with van der Waals surface area (Å²) in [5, 5.41) is 2.83. The van der Waals surface area contributed by atoms with Crippen LogP contribution in [0.2, 0.25) is 0 Å². The van der Waals surface area contributed by atoms with Crippen LogP contribution in [0.4, 0.5) is 0 Å². The van der Waals surface area contributed by atoms with Crippen LogP contribution >= 0.6 is 0 Å². The van der Waals surface area contributed by atoms with Crippen LogP contribution in [0.5, 0.6) is 0 Å². The Morgan fingerprint density at radius 2 is 1.93 bits per heavy atom. The molecule has 0 aliphatic heterocycles. The van der Waals surface area contributed by atoms with E-state index in [2.05, 4.69) is 18.2 Å². The van der Waals surface area contributed by atoms with Gasteiger partial charge in [-0.3, -0.25) is 4.79 Å². The number of hydrogen-bond acceptors (Lipinski definition) is 1. The number of nitrogens with one attached hydrogen (secondary N) is 1. The van der Waals surface area contributed by atoms with Crippen molar-refractivity contribution in [2.45, 2.75) is 64.8 Å². The smallest absolute Gasteiger partial charge is 0.220 e. The first kappa shape index (κ1) is 14.0. The Bertz CT molecular complexity index is 205. The third kappa shape index (κ3) is 8.05. The van der Waals surface area contributed by atoms with Gasteiger partial charge in [0, 0.05) is 6.42 Å². The first-order valence-corrected chi connectivity index (χ1v) is 6.00. The fourth-order valence-electron chi connectivity index (χ4n) is 1.42. The molecule has 1 N–H and O–H groups in total. The van der Waals surface area contributed by atoms with E-state index in [4.69, 9.17) is 6.42 Å². The molecule has 0 radical (unpaired) electrons. The molecule has 1 amide bonds. The second-order valence-corrected chi connectivity index (χ2v) is 3.86. The van der Waals surface area contributed by atoms with Crippen molar-refractivity contribution in [2.75, 3.05) is 0 Å². The summed E-state index contributed by atoms with van der Waals surface area (Å²) in [5.41, 5.74) is 0. The molecular formula is C13H23NO. The highest BCUT2D eigenvalue weighted by Crippen LogP contribution is 2.05. The largest absolute Gasteiger partial charge is 0.342 e. The quantitative estimate of drug-likeness (QED) is 0.483. The van der Waals surface area contributed by atoms with Gasteiger partial charge in [-0.1, -0.05) is 45.5 Å². The minimum atomic E-state index is -0.0897. The molecule has 2 nitrogen and oxygen atoms in total. The second-order valence-electron chi connectivity index (χ2n) is 3.86. The Morgan fingerprint density at radius 1 is 1.27 bits per heavy atom. The Morgan fingerprint density at radius 3 is 2.47 bits per heavy atom. The number of amides is 1. The Balaban J connectivity index is 3.45. The lowest BCUT2D eigenvalue weighted by Gasteiger charge is -2.10. The molecule has 0 aliphatic carbocycles. The molecule has 0 saturated heterocycles. The molecule has 0 rings (SSSR count). The van der Waals surface area contributed by atoms with Crippen LogP contribution in [-0.2, 0) is 4.79 Å². The maximum Gasteiger partial charge on any atom is 0.220 e. The highest BCUT2D eigenvalue weighted by atomic mass is 16.1. The van der Waals surface area contributed by atoms with E-state index in [0.717, 1.165) is 19.3 Å². The number of terminal acetylenes is 1. The Labute approximate surface area is 93.8 Å². The van der Waals surface area contributed by atoms with Gasteiger partial charge in [0.25, 0.3) is 0 Å². The lowest BCUT2D eigenvalue weighted by Crippen LogP contribution is -2.32. The molecule has 0 aromatic rings. The maximum atomic E-state index is 11.4. The monoisotopic (exact) mass is 209 g/mol. The number of carbonyl (C=O) groups is 1. The van der Waals surface area contributed by atoms with Crippen molar-refractivity contribution in [2.24, 2.45) is 0 Å². The normalized spacial score (nSPS) is 11.8. The van der Waals surface area contributed by atoms with Gasteiger partial charge in [-0.05, 0) is 12.8 Å². The van der Waals surface area contributed by atoms with Gasteiger partial charge in [0.2, 0.25) is 5.91 Å². The molecule has 1 atom stereocenters. The molecule has 2 heteroatoms. The average molecular weight is 209 g/mol. The summed E-state index contributed by atoms with van der Waals surface area (Å²) in [6, 6.07) is -0.0897.